The van der Waals surface area contributed by atoms with Gasteiger partial charge in [0, 0.05) is 10.3 Å². The zero-order valence-corrected chi connectivity index (χ0v) is 17.2. The van der Waals surface area contributed by atoms with E-state index in [1.165, 1.54) is 29.4 Å². The molecule has 0 saturated heterocycles. The molecule has 1 aromatic carbocycles. The van der Waals surface area contributed by atoms with E-state index in [-0.39, 0.29) is 11.2 Å². The van der Waals surface area contributed by atoms with Gasteiger partial charge in [-0.15, -0.1) is 11.3 Å². The lowest BCUT2D eigenvalue weighted by Gasteiger charge is -2.12. The third-order valence-electron chi connectivity index (χ3n) is 4.93. The first-order valence-corrected chi connectivity index (χ1v) is 11.1. The summed E-state index contributed by atoms with van der Waals surface area (Å²) in [4.78, 5) is 22.7. The maximum atomic E-state index is 12.8. The van der Waals surface area contributed by atoms with E-state index in [1.807, 2.05) is 31.2 Å². The van der Waals surface area contributed by atoms with Crippen LogP contribution in [-0.2, 0) is 17.6 Å². The number of aryl methyl sites for hydroxylation is 1. The molecule has 5 nitrogen and oxygen atoms in total. The van der Waals surface area contributed by atoms with Gasteiger partial charge in [0.15, 0.2) is 0 Å². The average molecular weight is 409 g/mol. The lowest BCUT2D eigenvalue weighted by atomic mass is 10.1. The molecule has 0 aliphatic heterocycles. The number of thiophene rings is 1. The van der Waals surface area contributed by atoms with Crippen LogP contribution in [0.4, 0.5) is 5.00 Å². The van der Waals surface area contributed by atoms with Crippen molar-refractivity contribution in [3.05, 3.63) is 46.6 Å². The highest BCUT2D eigenvalue weighted by Gasteiger charge is 2.23. The number of carbonyl (C=O) groups is 1. The topological polar surface area (TPSA) is 78.7 Å². The van der Waals surface area contributed by atoms with E-state index >= 15 is 0 Å². The molecule has 1 N–H and O–H groups in total. The van der Waals surface area contributed by atoms with Crippen molar-refractivity contribution >= 4 is 44.9 Å². The second kappa shape index (κ2) is 8.29. The summed E-state index contributed by atoms with van der Waals surface area (Å²) in [5.74, 6) is -0.111. The van der Waals surface area contributed by atoms with E-state index in [4.69, 9.17) is 0 Å². The fourth-order valence-electron chi connectivity index (χ4n) is 3.46. The molecule has 2 aromatic heterocycles. The van der Waals surface area contributed by atoms with Crippen LogP contribution in [0, 0.1) is 11.3 Å². The number of nitriles is 1. The van der Waals surface area contributed by atoms with E-state index in [0.29, 0.717) is 10.6 Å². The number of benzene rings is 1. The molecule has 1 atom stereocenters. The fourth-order valence-corrected chi connectivity index (χ4v) is 5.61. The standard InChI is InChI=1S/C21H20N4OS2/c1-13(27-20-15-8-5-6-9-17(15)23-12-24-20)19(26)25-21-16(11-22)14-7-3-2-4-10-18(14)28-21/h5-6,8-9,12-13H,2-4,7,10H2,1H3,(H,25,26). The van der Waals surface area contributed by atoms with Gasteiger partial charge in [0.1, 0.15) is 22.4 Å². The lowest BCUT2D eigenvalue weighted by molar-refractivity contribution is -0.115. The molecule has 1 aliphatic rings. The van der Waals surface area contributed by atoms with Crippen molar-refractivity contribution in [1.82, 2.24) is 9.97 Å². The summed E-state index contributed by atoms with van der Waals surface area (Å²) in [6, 6.07) is 10.1. The minimum Gasteiger partial charge on any atom is -0.316 e. The molecule has 0 fully saturated rings. The van der Waals surface area contributed by atoms with Gasteiger partial charge in [-0.25, -0.2) is 9.97 Å². The Balaban J connectivity index is 1.53. The molecule has 0 bridgehead atoms. The number of anilines is 1. The summed E-state index contributed by atoms with van der Waals surface area (Å²) in [5.41, 5.74) is 2.66. The van der Waals surface area contributed by atoms with Gasteiger partial charge in [0.25, 0.3) is 0 Å². The predicted octanol–water partition coefficient (Wildman–Crippen LogP) is 4.95. The Bertz CT molecular complexity index is 1060. The van der Waals surface area contributed by atoms with Crippen LogP contribution in [0.2, 0.25) is 0 Å². The number of aromatic nitrogens is 2. The number of nitrogens with one attached hydrogen (secondary N) is 1. The quantitative estimate of drug-likeness (QED) is 0.375. The number of hydrogen-bond donors (Lipinski definition) is 1. The van der Waals surface area contributed by atoms with Crippen molar-refractivity contribution in [2.45, 2.75) is 49.3 Å². The number of amides is 1. The highest BCUT2D eigenvalue weighted by Crippen LogP contribution is 2.37. The first-order valence-electron chi connectivity index (χ1n) is 9.39. The van der Waals surface area contributed by atoms with Crippen LogP contribution in [0.1, 0.15) is 42.2 Å². The molecule has 7 heteroatoms. The van der Waals surface area contributed by atoms with Gasteiger partial charge in [0.05, 0.1) is 16.3 Å². The Kier molecular flexibility index (Phi) is 5.60. The number of rotatable bonds is 4. The maximum absolute atomic E-state index is 12.8. The SMILES string of the molecule is CC(Sc1ncnc2ccccc12)C(=O)Nc1sc2c(c1C#N)CCCCC2. The van der Waals surface area contributed by atoms with Crippen LogP contribution >= 0.6 is 23.1 Å². The highest BCUT2D eigenvalue weighted by molar-refractivity contribution is 8.00. The van der Waals surface area contributed by atoms with Crippen molar-refractivity contribution in [2.24, 2.45) is 0 Å². The van der Waals surface area contributed by atoms with Gasteiger partial charge in [-0.1, -0.05) is 36.4 Å². The minimum absolute atomic E-state index is 0.111. The molecular formula is C21H20N4OS2. The van der Waals surface area contributed by atoms with Crippen molar-refractivity contribution in [2.75, 3.05) is 5.32 Å². The third-order valence-corrected chi connectivity index (χ3v) is 7.26. The van der Waals surface area contributed by atoms with Crippen molar-refractivity contribution < 1.29 is 4.79 Å². The molecule has 0 saturated carbocycles. The molecule has 1 unspecified atom stereocenters. The molecule has 3 aromatic rings. The third kappa shape index (κ3) is 3.75. The van der Waals surface area contributed by atoms with Crippen molar-refractivity contribution in [1.29, 1.82) is 5.26 Å². The number of nitrogens with zero attached hydrogens (tertiary/aromatic N) is 3. The monoisotopic (exact) mass is 408 g/mol. The second-order valence-corrected chi connectivity index (χ2v) is 9.26. The van der Waals surface area contributed by atoms with E-state index in [2.05, 4.69) is 21.4 Å². The summed E-state index contributed by atoms with van der Waals surface area (Å²) in [6.45, 7) is 1.86. The maximum Gasteiger partial charge on any atom is 0.238 e. The molecule has 1 aliphatic carbocycles. The fraction of sp³-hybridized carbons (Fsp3) is 0.333. The Labute approximate surface area is 172 Å². The predicted molar refractivity (Wildman–Crippen MR) is 114 cm³/mol. The zero-order chi connectivity index (χ0) is 19.5. The van der Waals surface area contributed by atoms with Gasteiger partial charge >= 0.3 is 0 Å². The Morgan fingerprint density at radius 2 is 2.07 bits per heavy atom. The summed E-state index contributed by atoms with van der Waals surface area (Å²) in [5, 5.41) is 14.7. The van der Waals surface area contributed by atoms with Gasteiger partial charge in [-0.3, -0.25) is 4.79 Å². The van der Waals surface area contributed by atoms with Crippen LogP contribution in [0.5, 0.6) is 0 Å². The first-order chi connectivity index (χ1) is 13.7. The van der Waals surface area contributed by atoms with Crippen LogP contribution in [0.25, 0.3) is 10.9 Å². The molecule has 0 spiro atoms. The normalized spacial score (nSPS) is 14.7. The summed E-state index contributed by atoms with van der Waals surface area (Å²) in [6.07, 6.45) is 6.93. The number of para-hydroxylation sites is 1. The molecule has 142 valence electrons. The first kappa shape index (κ1) is 18.9. The van der Waals surface area contributed by atoms with Crippen LogP contribution in [0.15, 0.2) is 35.6 Å². The Morgan fingerprint density at radius 3 is 2.93 bits per heavy atom. The van der Waals surface area contributed by atoms with Crippen molar-refractivity contribution in [3.8, 4) is 6.07 Å². The average Bonchev–Trinajstić information content (AvgIpc) is 2.87. The van der Waals surface area contributed by atoms with Crippen LogP contribution in [-0.4, -0.2) is 21.1 Å². The number of fused-ring (bicyclic) bond motifs is 2. The molecule has 0 radical (unpaired) electrons. The Hall–Kier alpha value is -2.43. The second-order valence-electron chi connectivity index (χ2n) is 6.83. The lowest BCUT2D eigenvalue weighted by Crippen LogP contribution is -2.22. The van der Waals surface area contributed by atoms with Gasteiger partial charge < -0.3 is 5.32 Å². The van der Waals surface area contributed by atoms with Crippen molar-refractivity contribution in [3.63, 3.8) is 0 Å². The van der Waals surface area contributed by atoms with E-state index in [1.54, 1.807) is 11.3 Å². The smallest absolute Gasteiger partial charge is 0.238 e. The molecular weight excluding hydrogens is 388 g/mol. The van der Waals surface area contributed by atoms with Gasteiger partial charge in [0.2, 0.25) is 5.91 Å². The number of hydrogen-bond acceptors (Lipinski definition) is 6. The van der Waals surface area contributed by atoms with Gasteiger partial charge in [-0.2, -0.15) is 5.26 Å². The molecule has 1 amide bonds. The van der Waals surface area contributed by atoms with E-state index in [9.17, 15) is 10.1 Å². The largest absolute Gasteiger partial charge is 0.316 e. The summed E-state index contributed by atoms with van der Waals surface area (Å²) < 4.78 is 0. The Morgan fingerprint density at radius 1 is 1.25 bits per heavy atom. The summed E-state index contributed by atoms with van der Waals surface area (Å²) >= 11 is 2.98. The minimum atomic E-state index is -0.341. The van der Waals surface area contributed by atoms with Gasteiger partial charge in [-0.05, 0) is 44.2 Å². The number of thioether (sulfide) groups is 1. The van der Waals surface area contributed by atoms with Crippen LogP contribution in [0.3, 0.4) is 0 Å². The van der Waals surface area contributed by atoms with E-state index < -0.39 is 0 Å². The van der Waals surface area contributed by atoms with E-state index in [0.717, 1.165) is 47.2 Å². The summed E-state index contributed by atoms with van der Waals surface area (Å²) in [7, 11) is 0. The molecule has 4 rings (SSSR count). The highest BCUT2D eigenvalue weighted by atomic mass is 32.2. The zero-order valence-electron chi connectivity index (χ0n) is 15.6. The molecule has 28 heavy (non-hydrogen) atoms. The van der Waals surface area contributed by atoms with Crippen LogP contribution < -0.4 is 5.32 Å². The number of carbonyl (C=O) groups excluding carboxylic acids is 1. The molecule has 2 heterocycles.